The Hall–Kier alpha value is -1.40. The highest BCUT2D eigenvalue weighted by molar-refractivity contribution is 5.32. The SMILES string of the molecule is COc1ccnc(N2CCN(CC(C)CN)CC2)n1. The zero-order valence-corrected chi connectivity index (χ0v) is 11.7. The number of nitrogens with two attached hydrogens (primary N) is 1. The standard InChI is InChI=1S/C13H23N5O/c1-11(9-14)10-17-5-7-18(8-6-17)13-15-4-3-12(16-13)19-2/h3-4,11H,5-10,14H2,1-2H3. The maximum Gasteiger partial charge on any atom is 0.228 e. The smallest absolute Gasteiger partial charge is 0.228 e. The van der Waals surface area contributed by atoms with E-state index in [-0.39, 0.29) is 0 Å². The van der Waals surface area contributed by atoms with Crippen LogP contribution in [-0.4, -0.2) is 61.2 Å². The maximum absolute atomic E-state index is 5.67. The van der Waals surface area contributed by atoms with Gasteiger partial charge in [0.1, 0.15) is 0 Å². The Morgan fingerprint density at radius 3 is 2.74 bits per heavy atom. The first-order chi connectivity index (χ1) is 9.22. The highest BCUT2D eigenvalue weighted by atomic mass is 16.5. The third kappa shape index (κ3) is 3.78. The third-order valence-electron chi connectivity index (χ3n) is 3.45. The molecule has 0 radical (unpaired) electrons. The summed E-state index contributed by atoms with van der Waals surface area (Å²) in [5, 5.41) is 0. The molecule has 106 valence electrons. The number of aromatic nitrogens is 2. The summed E-state index contributed by atoms with van der Waals surface area (Å²) in [4.78, 5) is 13.3. The molecule has 0 aliphatic carbocycles. The van der Waals surface area contributed by atoms with Gasteiger partial charge in [0.25, 0.3) is 0 Å². The maximum atomic E-state index is 5.67. The fourth-order valence-corrected chi connectivity index (χ4v) is 2.24. The van der Waals surface area contributed by atoms with E-state index in [4.69, 9.17) is 10.5 Å². The van der Waals surface area contributed by atoms with Gasteiger partial charge in [-0.15, -0.1) is 0 Å². The Morgan fingerprint density at radius 1 is 1.37 bits per heavy atom. The molecule has 1 aromatic heterocycles. The largest absolute Gasteiger partial charge is 0.481 e. The number of nitrogens with zero attached hydrogens (tertiary/aromatic N) is 4. The first-order valence-corrected chi connectivity index (χ1v) is 6.77. The Balaban J connectivity index is 1.88. The van der Waals surface area contributed by atoms with Gasteiger partial charge in [-0.1, -0.05) is 6.92 Å². The highest BCUT2D eigenvalue weighted by Crippen LogP contribution is 2.14. The van der Waals surface area contributed by atoms with E-state index in [1.165, 1.54) is 0 Å². The van der Waals surface area contributed by atoms with E-state index in [0.717, 1.165) is 45.2 Å². The fourth-order valence-electron chi connectivity index (χ4n) is 2.24. The molecule has 0 saturated carbocycles. The Kier molecular flexibility index (Phi) is 4.93. The molecule has 0 bridgehead atoms. The molecule has 1 atom stereocenters. The van der Waals surface area contributed by atoms with Crippen LogP contribution in [0.4, 0.5) is 5.95 Å². The van der Waals surface area contributed by atoms with E-state index in [9.17, 15) is 0 Å². The molecule has 1 aliphatic rings. The summed E-state index contributed by atoms with van der Waals surface area (Å²) in [7, 11) is 1.62. The van der Waals surface area contributed by atoms with Gasteiger partial charge in [0.05, 0.1) is 7.11 Å². The van der Waals surface area contributed by atoms with Crippen molar-refractivity contribution in [2.75, 3.05) is 51.3 Å². The molecule has 19 heavy (non-hydrogen) atoms. The van der Waals surface area contributed by atoms with Crippen LogP contribution in [0.1, 0.15) is 6.92 Å². The minimum absolute atomic E-state index is 0.555. The number of hydrogen-bond donors (Lipinski definition) is 1. The van der Waals surface area contributed by atoms with Crippen LogP contribution in [0, 0.1) is 5.92 Å². The second-order valence-electron chi connectivity index (χ2n) is 5.03. The molecular formula is C13H23N5O. The van der Waals surface area contributed by atoms with Gasteiger partial charge in [-0.3, -0.25) is 4.90 Å². The van der Waals surface area contributed by atoms with Crippen molar-refractivity contribution in [1.29, 1.82) is 0 Å². The van der Waals surface area contributed by atoms with Crippen LogP contribution in [-0.2, 0) is 0 Å². The fraction of sp³-hybridized carbons (Fsp3) is 0.692. The number of ether oxygens (including phenoxy) is 1. The van der Waals surface area contributed by atoms with Gasteiger partial charge in [0.15, 0.2) is 0 Å². The second-order valence-corrected chi connectivity index (χ2v) is 5.03. The Labute approximate surface area is 114 Å². The molecule has 1 unspecified atom stereocenters. The van der Waals surface area contributed by atoms with Crippen LogP contribution in [0.3, 0.4) is 0 Å². The summed E-state index contributed by atoms with van der Waals surface area (Å²) in [6.45, 7) is 7.98. The van der Waals surface area contributed by atoms with E-state index in [1.807, 2.05) is 0 Å². The predicted molar refractivity (Wildman–Crippen MR) is 75.5 cm³/mol. The summed E-state index contributed by atoms with van der Waals surface area (Å²) in [5.74, 6) is 1.93. The number of hydrogen-bond acceptors (Lipinski definition) is 6. The van der Waals surface area contributed by atoms with Gasteiger partial charge in [0.2, 0.25) is 11.8 Å². The monoisotopic (exact) mass is 265 g/mol. The minimum Gasteiger partial charge on any atom is -0.481 e. The second kappa shape index (κ2) is 6.68. The molecule has 6 heteroatoms. The molecule has 1 saturated heterocycles. The zero-order valence-electron chi connectivity index (χ0n) is 11.7. The van der Waals surface area contributed by atoms with Crippen LogP contribution < -0.4 is 15.4 Å². The van der Waals surface area contributed by atoms with Gasteiger partial charge in [-0.25, -0.2) is 4.98 Å². The molecule has 0 aromatic carbocycles. The summed E-state index contributed by atoms with van der Waals surface area (Å²) in [6.07, 6.45) is 1.74. The minimum atomic E-state index is 0.555. The van der Waals surface area contributed by atoms with Crippen molar-refractivity contribution < 1.29 is 4.74 Å². The lowest BCUT2D eigenvalue weighted by Crippen LogP contribution is -2.48. The van der Waals surface area contributed by atoms with Crippen molar-refractivity contribution in [3.63, 3.8) is 0 Å². The first-order valence-electron chi connectivity index (χ1n) is 6.77. The van der Waals surface area contributed by atoms with Gasteiger partial charge in [-0.2, -0.15) is 4.98 Å². The van der Waals surface area contributed by atoms with Crippen molar-refractivity contribution >= 4 is 5.95 Å². The molecule has 1 aliphatic heterocycles. The zero-order chi connectivity index (χ0) is 13.7. The summed E-state index contributed by atoms with van der Waals surface area (Å²) in [5.41, 5.74) is 5.67. The predicted octanol–water partition coefficient (Wildman–Crippen LogP) is 0.202. The Bertz CT molecular complexity index is 392. The first kappa shape index (κ1) is 14.0. The Morgan fingerprint density at radius 2 is 2.11 bits per heavy atom. The third-order valence-corrected chi connectivity index (χ3v) is 3.45. The molecule has 0 amide bonds. The van der Waals surface area contributed by atoms with Crippen LogP contribution in [0.15, 0.2) is 12.3 Å². The lowest BCUT2D eigenvalue weighted by Gasteiger charge is -2.35. The average Bonchev–Trinajstić information content (AvgIpc) is 2.48. The molecule has 2 N–H and O–H groups in total. The number of anilines is 1. The number of methoxy groups -OCH3 is 1. The lowest BCUT2D eigenvalue weighted by atomic mass is 10.1. The van der Waals surface area contributed by atoms with Crippen LogP contribution in [0.25, 0.3) is 0 Å². The summed E-state index contributed by atoms with van der Waals surface area (Å²) < 4.78 is 5.13. The van der Waals surface area contributed by atoms with Crippen molar-refractivity contribution in [2.45, 2.75) is 6.92 Å². The normalized spacial score (nSPS) is 18.4. The highest BCUT2D eigenvalue weighted by Gasteiger charge is 2.20. The summed E-state index contributed by atoms with van der Waals surface area (Å²) in [6, 6.07) is 1.77. The molecule has 0 spiro atoms. The van der Waals surface area contributed by atoms with E-state index in [0.29, 0.717) is 11.8 Å². The van der Waals surface area contributed by atoms with Crippen molar-refractivity contribution in [1.82, 2.24) is 14.9 Å². The van der Waals surface area contributed by atoms with Gasteiger partial charge < -0.3 is 15.4 Å². The topological polar surface area (TPSA) is 67.5 Å². The summed E-state index contributed by atoms with van der Waals surface area (Å²) >= 11 is 0. The molecule has 2 heterocycles. The molecule has 6 nitrogen and oxygen atoms in total. The van der Waals surface area contributed by atoms with E-state index >= 15 is 0 Å². The number of rotatable bonds is 5. The number of piperazine rings is 1. The van der Waals surface area contributed by atoms with Crippen LogP contribution in [0.2, 0.25) is 0 Å². The molecular weight excluding hydrogens is 242 g/mol. The van der Waals surface area contributed by atoms with Crippen molar-refractivity contribution in [3.05, 3.63) is 12.3 Å². The quantitative estimate of drug-likeness (QED) is 0.820. The van der Waals surface area contributed by atoms with Gasteiger partial charge in [0, 0.05) is 45.0 Å². The van der Waals surface area contributed by atoms with Crippen molar-refractivity contribution in [2.24, 2.45) is 11.7 Å². The van der Waals surface area contributed by atoms with E-state index in [2.05, 4.69) is 26.7 Å². The lowest BCUT2D eigenvalue weighted by molar-refractivity contribution is 0.226. The average molecular weight is 265 g/mol. The van der Waals surface area contributed by atoms with Crippen LogP contribution in [0.5, 0.6) is 5.88 Å². The van der Waals surface area contributed by atoms with Crippen LogP contribution >= 0.6 is 0 Å². The van der Waals surface area contributed by atoms with Gasteiger partial charge >= 0.3 is 0 Å². The van der Waals surface area contributed by atoms with Crippen molar-refractivity contribution in [3.8, 4) is 5.88 Å². The van der Waals surface area contributed by atoms with E-state index in [1.54, 1.807) is 19.4 Å². The molecule has 1 fully saturated rings. The van der Waals surface area contributed by atoms with Gasteiger partial charge in [-0.05, 0) is 12.5 Å². The molecule has 1 aromatic rings. The van der Waals surface area contributed by atoms with E-state index < -0.39 is 0 Å². The molecule has 2 rings (SSSR count).